The van der Waals surface area contributed by atoms with Crippen molar-refractivity contribution >= 4 is 23.0 Å². The van der Waals surface area contributed by atoms with E-state index in [4.69, 9.17) is 21.7 Å². The number of nitrogens with one attached hydrogen (secondary N) is 2. The first-order valence-electron chi connectivity index (χ1n) is 6.34. The largest absolute Gasteiger partial charge is 0.491 e. The molecule has 1 rings (SSSR count). The van der Waals surface area contributed by atoms with Gasteiger partial charge < -0.3 is 20.1 Å². The van der Waals surface area contributed by atoms with E-state index in [9.17, 15) is 0 Å². The van der Waals surface area contributed by atoms with Gasteiger partial charge in [-0.15, -0.1) is 0 Å². The lowest BCUT2D eigenvalue weighted by molar-refractivity contribution is 0.179. The molecule has 1 atom stereocenters. The third kappa shape index (κ3) is 6.40. The van der Waals surface area contributed by atoms with Gasteiger partial charge in [-0.2, -0.15) is 0 Å². The van der Waals surface area contributed by atoms with Crippen LogP contribution in [0.15, 0.2) is 24.3 Å². The summed E-state index contributed by atoms with van der Waals surface area (Å²) in [6.45, 7) is 6.63. The van der Waals surface area contributed by atoms with Crippen LogP contribution >= 0.6 is 12.2 Å². The van der Waals surface area contributed by atoms with E-state index in [-0.39, 0.29) is 12.1 Å². The smallest absolute Gasteiger partial charge is 0.171 e. The number of hydrogen-bond acceptors (Lipinski definition) is 3. The maximum absolute atomic E-state index is 5.58. The van der Waals surface area contributed by atoms with Crippen LogP contribution in [-0.2, 0) is 4.74 Å². The summed E-state index contributed by atoms with van der Waals surface area (Å²) in [7, 11) is 1.67. The molecular formula is C14H22N2O2S. The normalized spacial score (nSPS) is 12.1. The summed E-state index contributed by atoms with van der Waals surface area (Å²) < 4.78 is 10.6. The van der Waals surface area contributed by atoms with Crippen LogP contribution < -0.4 is 15.4 Å². The lowest BCUT2D eigenvalue weighted by atomic mass is 10.3. The first-order chi connectivity index (χ1) is 9.01. The SMILES string of the molecule is COCC(C)NC(=S)Nc1ccc(OC(C)C)cc1. The van der Waals surface area contributed by atoms with Crippen molar-refractivity contribution in [3.8, 4) is 5.75 Å². The third-order valence-electron chi connectivity index (χ3n) is 2.28. The Kier molecular flexibility index (Phi) is 6.59. The van der Waals surface area contributed by atoms with E-state index in [1.807, 2.05) is 45.0 Å². The summed E-state index contributed by atoms with van der Waals surface area (Å²) >= 11 is 5.22. The summed E-state index contributed by atoms with van der Waals surface area (Å²) in [5.74, 6) is 0.854. The molecule has 2 N–H and O–H groups in total. The van der Waals surface area contributed by atoms with Crippen molar-refractivity contribution in [2.75, 3.05) is 19.0 Å². The molecule has 0 aromatic heterocycles. The molecule has 1 aromatic carbocycles. The molecule has 0 amide bonds. The molecule has 0 aliphatic rings. The molecule has 19 heavy (non-hydrogen) atoms. The molecule has 5 heteroatoms. The van der Waals surface area contributed by atoms with Crippen molar-refractivity contribution in [2.45, 2.75) is 32.9 Å². The molecule has 0 heterocycles. The van der Waals surface area contributed by atoms with Crippen LogP contribution in [0.3, 0.4) is 0 Å². The van der Waals surface area contributed by atoms with Crippen LogP contribution in [0.5, 0.6) is 5.75 Å². The zero-order chi connectivity index (χ0) is 14.3. The van der Waals surface area contributed by atoms with Gasteiger partial charge in [0.15, 0.2) is 5.11 Å². The van der Waals surface area contributed by atoms with Crippen LogP contribution in [0.25, 0.3) is 0 Å². The van der Waals surface area contributed by atoms with Crippen molar-refractivity contribution in [3.05, 3.63) is 24.3 Å². The number of methoxy groups -OCH3 is 1. The molecule has 0 spiro atoms. The lowest BCUT2D eigenvalue weighted by Crippen LogP contribution is -2.38. The highest BCUT2D eigenvalue weighted by Gasteiger charge is 2.04. The second-order valence-electron chi connectivity index (χ2n) is 4.65. The Morgan fingerprint density at radius 1 is 1.21 bits per heavy atom. The minimum absolute atomic E-state index is 0.175. The topological polar surface area (TPSA) is 42.5 Å². The zero-order valence-corrected chi connectivity index (χ0v) is 12.7. The fourth-order valence-corrected chi connectivity index (χ4v) is 1.89. The van der Waals surface area contributed by atoms with E-state index >= 15 is 0 Å². The summed E-state index contributed by atoms with van der Waals surface area (Å²) in [5.41, 5.74) is 0.929. The summed E-state index contributed by atoms with van der Waals surface area (Å²) in [5, 5.41) is 6.85. The molecule has 0 aliphatic carbocycles. The van der Waals surface area contributed by atoms with E-state index in [0.717, 1.165) is 11.4 Å². The van der Waals surface area contributed by atoms with Gasteiger partial charge in [-0.05, 0) is 57.3 Å². The molecular weight excluding hydrogens is 260 g/mol. The van der Waals surface area contributed by atoms with Crippen molar-refractivity contribution in [3.63, 3.8) is 0 Å². The Bertz CT molecular complexity index is 393. The fraction of sp³-hybridized carbons (Fsp3) is 0.500. The lowest BCUT2D eigenvalue weighted by Gasteiger charge is -2.16. The molecule has 0 bridgehead atoms. The maximum Gasteiger partial charge on any atom is 0.171 e. The monoisotopic (exact) mass is 282 g/mol. The maximum atomic E-state index is 5.58. The number of anilines is 1. The van der Waals surface area contributed by atoms with E-state index in [2.05, 4.69) is 10.6 Å². The predicted molar refractivity (Wildman–Crippen MR) is 82.9 cm³/mol. The minimum atomic E-state index is 0.175. The molecule has 0 fully saturated rings. The average Bonchev–Trinajstić information content (AvgIpc) is 2.31. The minimum Gasteiger partial charge on any atom is -0.491 e. The first kappa shape index (κ1) is 15.7. The van der Waals surface area contributed by atoms with E-state index in [0.29, 0.717) is 11.7 Å². The van der Waals surface area contributed by atoms with Crippen molar-refractivity contribution < 1.29 is 9.47 Å². The Labute approximate surface area is 120 Å². The summed E-state index contributed by atoms with van der Waals surface area (Å²) in [6.07, 6.45) is 0.177. The predicted octanol–water partition coefficient (Wildman–Crippen LogP) is 2.80. The first-order valence-corrected chi connectivity index (χ1v) is 6.75. The number of rotatable bonds is 6. The van der Waals surface area contributed by atoms with Gasteiger partial charge in [0, 0.05) is 18.8 Å². The Morgan fingerprint density at radius 3 is 2.37 bits per heavy atom. The Balaban J connectivity index is 2.46. The van der Waals surface area contributed by atoms with Crippen molar-refractivity contribution in [1.82, 2.24) is 5.32 Å². The van der Waals surface area contributed by atoms with E-state index in [1.54, 1.807) is 7.11 Å². The third-order valence-corrected chi connectivity index (χ3v) is 2.50. The molecule has 0 saturated heterocycles. The second kappa shape index (κ2) is 7.96. The molecule has 1 unspecified atom stereocenters. The van der Waals surface area contributed by atoms with Crippen LogP contribution in [0.2, 0.25) is 0 Å². The van der Waals surface area contributed by atoms with Crippen LogP contribution in [0, 0.1) is 0 Å². The quantitative estimate of drug-likeness (QED) is 0.785. The standard InChI is InChI=1S/C14H22N2O2S/c1-10(2)18-13-7-5-12(6-8-13)16-14(19)15-11(3)9-17-4/h5-8,10-11H,9H2,1-4H3,(H2,15,16,19). The van der Waals surface area contributed by atoms with Gasteiger partial charge in [0.2, 0.25) is 0 Å². The average molecular weight is 282 g/mol. The number of thiocarbonyl (C=S) groups is 1. The van der Waals surface area contributed by atoms with Crippen molar-refractivity contribution in [1.29, 1.82) is 0 Å². The van der Waals surface area contributed by atoms with Gasteiger partial charge in [0.1, 0.15) is 5.75 Å². The highest BCUT2D eigenvalue weighted by Crippen LogP contribution is 2.16. The number of hydrogen-bond donors (Lipinski definition) is 2. The second-order valence-corrected chi connectivity index (χ2v) is 5.05. The van der Waals surface area contributed by atoms with Gasteiger partial charge in [0.25, 0.3) is 0 Å². The Morgan fingerprint density at radius 2 is 1.84 bits per heavy atom. The number of ether oxygens (including phenoxy) is 2. The van der Waals surface area contributed by atoms with Gasteiger partial charge >= 0.3 is 0 Å². The van der Waals surface area contributed by atoms with Gasteiger partial charge in [0.05, 0.1) is 12.7 Å². The van der Waals surface area contributed by atoms with E-state index in [1.165, 1.54) is 0 Å². The van der Waals surface area contributed by atoms with Crippen molar-refractivity contribution in [2.24, 2.45) is 0 Å². The fourth-order valence-electron chi connectivity index (χ4n) is 1.57. The Hall–Kier alpha value is -1.33. The summed E-state index contributed by atoms with van der Waals surface area (Å²) in [6, 6.07) is 7.89. The number of benzene rings is 1. The highest BCUT2D eigenvalue weighted by molar-refractivity contribution is 7.80. The highest BCUT2D eigenvalue weighted by atomic mass is 32.1. The van der Waals surface area contributed by atoms with Gasteiger partial charge in [-0.1, -0.05) is 0 Å². The molecule has 1 aromatic rings. The molecule has 0 aliphatic heterocycles. The molecule has 0 saturated carbocycles. The zero-order valence-electron chi connectivity index (χ0n) is 11.9. The van der Waals surface area contributed by atoms with Crippen LogP contribution in [0.1, 0.15) is 20.8 Å². The molecule has 4 nitrogen and oxygen atoms in total. The van der Waals surface area contributed by atoms with Crippen LogP contribution in [0.4, 0.5) is 5.69 Å². The molecule has 0 radical (unpaired) electrons. The van der Waals surface area contributed by atoms with Gasteiger partial charge in [-0.25, -0.2) is 0 Å². The van der Waals surface area contributed by atoms with Crippen LogP contribution in [-0.4, -0.2) is 31.0 Å². The summed E-state index contributed by atoms with van der Waals surface area (Å²) in [4.78, 5) is 0. The van der Waals surface area contributed by atoms with E-state index < -0.39 is 0 Å². The molecule has 106 valence electrons. The van der Waals surface area contributed by atoms with Gasteiger partial charge in [-0.3, -0.25) is 0 Å².